The Morgan fingerprint density at radius 2 is 1.71 bits per heavy atom. The van der Waals surface area contributed by atoms with Gasteiger partial charge in [-0.15, -0.1) is 11.6 Å². The Hall–Kier alpha value is -1.18. The van der Waals surface area contributed by atoms with Crippen molar-refractivity contribution in [3.05, 3.63) is 59.1 Å². The molecule has 88 valence electrons. The highest BCUT2D eigenvalue weighted by Crippen LogP contribution is 2.28. The summed E-state index contributed by atoms with van der Waals surface area (Å²) >= 11 is 11.9. The van der Waals surface area contributed by atoms with Gasteiger partial charge in [-0.2, -0.15) is 0 Å². The second-order valence-corrected chi connectivity index (χ2v) is 4.48. The molecule has 0 amide bonds. The van der Waals surface area contributed by atoms with Crippen molar-refractivity contribution in [1.29, 1.82) is 0 Å². The van der Waals surface area contributed by atoms with Crippen molar-refractivity contribution in [3.8, 4) is 0 Å². The van der Waals surface area contributed by atoms with Gasteiger partial charge in [0.25, 0.3) is 0 Å². The fourth-order valence-corrected chi connectivity index (χ4v) is 2.20. The van der Waals surface area contributed by atoms with Crippen LogP contribution < -0.4 is 4.90 Å². The maximum absolute atomic E-state index is 6.15. The molecule has 0 bridgehead atoms. The van der Waals surface area contributed by atoms with Gasteiger partial charge in [-0.05, 0) is 29.8 Å². The number of rotatable bonds is 3. The number of alkyl halides is 1. The zero-order chi connectivity index (χ0) is 12.3. The topological polar surface area (TPSA) is 3.24 Å². The van der Waals surface area contributed by atoms with Gasteiger partial charge < -0.3 is 4.90 Å². The molecule has 0 saturated carbocycles. The molecule has 2 aromatic rings. The van der Waals surface area contributed by atoms with E-state index >= 15 is 0 Å². The van der Waals surface area contributed by atoms with E-state index in [-0.39, 0.29) is 0 Å². The van der Waals surface area contributed by atoms with Crippen molar-refractivity contribution >= 4 is 34.6 Å². The number of anilines is 2. The molecule has 0 heterocycles. The van der Waals surface area contributed by atoms with Gasteiger partial charge in [0.15, 0.2) is 0 Å². The predicted molar refractivity (Wildman–Crippen MR) is 75.5 cm³/mol. The van der Waals surface area contributed by atoms with Crippen molar-refractivity contribution in [3.63, 3.8) is 0 Å². The lowest BCUT2D eigenvalue weighted by Gasteiger charge is -2.20. The maximum atomic E-state index is 6.15. The quantitative estimate of drug-likeness (QED) is 0.718. The number of nitrogens with zero attached hydrogens (tertiary/aromatic N) is 1. The minimum Gasteiger partial charge on any atom is -0.345 e. The molecule has 0 aliphatic heterocycles. The van der Waals surface area contributed by atoms with E-state index in [2.05, 4.69) is 17.0 Å². The number of para-hydroxylation sites is 1. The van der Waals surface area contributed by atoms with Crippen LogP contribution in [-0.4, -0.2) is 7.05 Å². The zero-order valence-corrected chi connectivity index (χ0v) is 11.0. The highest BCUT2D eigenvalue weighted by atomic mass is 35.5. The number of halogens is 2. The van der Waals surface area contributed by atoms with Crippen LogP contribution in [0.3, 0.4) is 0 Å². The molecule has 2 rings (SSSR count). The van der Waals surface area contributed by atoms with Gasteiger partial charge in [-0.3, -0.25) is 0 Å². The van der Waals surface area contributed by atoms with Crippen LogP contribution in [0, 0.1) is 0 Å². The third kappa shape index (κ3) is 2.74. The Kier molecular flexibility index (Phi) is 3.93. The van der Waals surface area contributed by atoms with Crippen molar-refractivity contribution in [2.24, 2.45) is 0 Å². The third-order valence-corrected chi connectivity index (χ3v) is 3.35. The average molecular weight is 266 g/mol. The molecular weight excluding hydrogens is 253 g/mol. The molecule has 0 aliphatic carbocycles. The van der Waals surface area contributed by atoms with Gasteiger partial charge in [0.05, 0.1) is 0 Å². The van der Waals surface area contributed by atoms with Crippen molar-refractivity contribution < 1.29 is 0 Å². The molecule has 0 fully saturated rings. The Labute approximate surface area is 112 Å². The third-order valence-electron chi connectivity index (χ3n) is 2.71. The number of hydrogen-bond donors (Lipinski definition) is 0. The molecular formula is C14H13Cl2N. The molecule has 0 spiro atoms. The predicted octanol–water partition coefficient (Wildman–Crippen LogP) is 4.85. The summed E-state index contributed by atoms with van der Waals surface area (Å²) in [6.07, 6.45) is 0. The van der Waals surface area contributed by atoms with Gasteiger partial charge in [0.2, 0.25) is 0 Å². The van der Waals surface area contributed by atoms with Crippen LogP contribution in [0.25, 0.3) is 0 Å². The molecule has 0 atom stereocenters. The Morgan fingerprint density at radius 1 is 1.00 bits per heavy atom. The summed E-state index contributed by atoms with van der Waals surface area (Å²) in [5.41, 5.74) is 3.14. The van der Waals surface area contributed by atoms with Crippen LogP contribution in [0.5, 0.6) is 0 Å². The normalized spacial score (nSPS) is 10.3. The highest BCUT2D eigenvalue weighted by Gasteiger charge is 2.06. The SMILES string of the molecule is CN(c1ccccc1)c1ccc(CCl)c(Cl)c1. The molecule has 0 radical (unpaired) electrons. The van der Waals surface area contributed by atoms with E-state index in [0.29, 0.717) is 10.9 Å². The van der Waals surface area contributed by atoms with Crippen LogP contribution in [0.1, 0.15) is 5.56 Å². The number of hydrogen-bond acceptors (Lipinski definition) is 1. The molecule has 0 unspecified atom stereocenters. The van der Waals surface area contributed by atoms with E-state index in [0.717, 1.165) is 16.9 Å². The van der Waals surface area contributed by atoms with E-state index in [1.807, 2.05) is 43.4 Å². The lowest BCUT2D eigenvalue weighted by molar-refractivity contribution is 1.20. The van der Waals surface area contributed by atoms with Gasteiger partial charge in [0.1, 0.15) is 0 Å². The first-order valence-electron chi connectivity index (χ1n) is 5.35. The molecule has 17 heavy (non-hydrogen) atoms. The van der Waals surface area contributed by atoms with Gasteiger partial charge in [-0.25, -0.2) is 0 Å². The molecule has 3 heteroatoms. The Balaban J connectivity index is 2.32. The molecule has 1 nitrogen and oxygen atoms in total. The number of benzene rings is 2. The van der Waals surface area contributed by atoms with Crippen molar-refractivity contribution in [2.45, 2.75) is 5.88 Å². The summed E-state index contributed by atoms with van der Waals surface area (Å²) in [6.45, 7) is 0. The molecule has 0 aliphatic rings. The monoisotopic (exact) mass is 265 g/mol. The van der Waals surface area contributed by atoms with Gasteiger partial charge in [-0.1, -0.05) is 35.9 Å². The van der Waals surface area contributed by atoms with E-state index in [9.17, 15) is 0 Å². The molecule has 0 saturated heterocycles. The van der Waals surface area contributed by atoms with Gasteiger partial charge in [0, 0.05) is 29.3 Å². The zero-order valence-electron chi connectivity index (χ0n) is 9.53. The minimum absolute atomic E-state index is 0.439. The first-order valence-corrected chi connectivity index (χ1v) is 6.27. The summed E-state index contributed by atoms with van der Waals surface area (Å²) in [6, 6.07) is 16.1. The largest absolute Gasteiger partial charge is 0.345 e. The van der Waals surface area contributed by atoms with E-state index < -0.39 is 0 Å². The Bertz CT molecular complexity index is 497. The minimum atomic E-state index is 0.439. The van der Waals surface area contributed by atoms with Crippen LogP contribution in [0.4, 0.5) is 11.4 Å². The standard InChI is InChI=1S/C14H13Cl2N/c1-17(12-5-3-2-4-6-12)13-8-7-11(10-15)14(16)9-13/h2-9H,10H2,1H3. The van der Waals surface area contributed by atoms with E-state index in [1.54, 1.807) is 0 Å². The smallest absolute Gasteiger partial charge is 0.0488 e. The summed E-state index contributed by atoms with van der Waals surface area (Å²) in [7, 11) is 2.02. The van der Waals surface area contributed by atoms with Crippen LogP contribution in [-0.2, 0) is 5.88 Å². The molecule has 2 aromatic carbocycles. The fraction of sp³-hybridized carbons (Fsp3) is 0.143. The summed E-state index contributed by atoms with van der Waals surface area (Å²) in [5.74, 6) is 0.439. The average Bonchev–Trinajstić information content (AvgIpc) is 2.39. The summed E-state index contributed by atoms with van der Waals surface area (Å²) in [5, 5.41) is 0.709. The summed E-state index contributed by atoms with van der Waals surface area (Å²) in [4.78, 5) is 2.09. The van der Waals surface area contributed by atoms with Crippen molar-refractivity contribution in [2.75, 3.05) is 11.9 Å². The Morgan fingerprint density at radius 3 is 2.29 bits per heavy atom. The van der Waals surface area contributed by atoms with E-state index in [1.165, 1.54) is 0 Å². The van der Waals surface area contributed by atoms with Gasteiger partial charge >= 0.3 is 0 Å². The molecule has 0 aromatic heterocycles. The summed E-state index contributed by atoms with van der Waals surface area (Å²) < 4.78 is 0. The second kappa shape index (κ2) is 5.44. The van der Waals surface area contributed by atoms with Crippen molar-refractivity contribution in [1.82, 2.24) is 0 Å². The second-order valence-electron chi connectivity index (χ2n) is 3.80. The first-order chi connectivity index (χ1) is 8.22. The lowest BCUT2D eigenvalue weighted by Crippen LogP contribution is -2.09. The highest BCUT2D eigenvalue weighted by molar-refractivity contribution is 6.32. The molecule has 0 N–H and O–H groups in total. The van der Waals surface area contributed by atoms with Crippen LogP contribution in [0.15, 0.2) is 48.5 Å². The van der Waals surface area contributed by atoms with Crippen LogP contribution in [0.2, 0.25) is 5.02 Å². The van der Waals surface area contributed by atoms with Crippen LogP contribution >= 0.6 is 23.2 Å². The lowest BCUT2D eigenvalue weighted by atomic mass is 10.2. The first kappa shape index (κ1) is 12.3. The fourth-order valence-electron chi connectivity index (χ4n) is 1.65. The maximum Gasteiger partial charge on any atom is 0.0488 e. The van der Waals surface area contributed by atoms with E-state index in [4.69, 9.17) is 23.2 Å².